The number of ether oxygens (including phenoxy) is 11. The Hall–Kier alpha value is -1.43. The number of hydrogen-bond donors (Lipinski definition) is 4. The molecule has 0 aliphatic carbocycles. The highest BCUT2D eigenvalue weighted by molar-refractivity contribution is 8.00. The van der Waals surface area contributed by atoms with Gasteiger partial charge in [0, 0.05) is 24.0 Å². The van der Waals surface area contributed by atoms with E-state index in [2.05, 4.69) is 20.8 Å². The molecule has 0 spiro atoms. The topological polar surface area (TPSA) is 207 Å². The minimum atomic E-state index is -0.0614. The highest BCUT2D eigenvalue weighted by Gasteiger charge is 2.42. The van der Waals surface area contributed by atoms with Gasteiger partial charge in [-0.2, -0.15) is 11.8 Å². The minimum Gasteiger partial charge on any atom is -0.377 e. The third kappa shape index (κ3) is 28.6. The Kier molecular flexibility index (Phi) is 32.6. The number of rotatable bonds is 41. The number of nitrogens with one attached hydrogen (secondary N) is 3. The molecular weight excluding hydrogens is 720 g/mol. The maximum atomic E-state index is 12.0. The van der Waals surface area contributed by atoms with Gasteiger partial charge in [0.25, 0.3) is 0 Å². The van der Waals surface area contributed by atoms with E-state index >= 15 is 0 Å². The second kappa shape index (κ2) is 36.2. The Morgan fingerprint density at radius 2 is 0.943 bits per heavy atom. The third-order valence-electron chi connectivity index (χ3n) is 7.71. The summed E-state index contributed by atoms with van der Waals surface area (Å²) in [5.74, 6) is 5.90. The van der Waals surface area contributed by atoms with E-state index in [-0.39, 0.29) is 24.0 Å². The molecule has 3 atom stereocenters. The third-order valence-corrected chi connectivity index (χ3v) is 9.22. The molecule has 5 N–H and O–H groups in total. The quantitative estimate of drug-likeness (QED) is 0.0363. The van der Waals surface area contributed by atoms with Gasteiger partial charge in [-0.3, -0.25) is 4.79 Å². The summed E-state index contributed by atoms with van der Waals surface area (Å²) in [6.07, 6.45) is 3.33. The maximum absolute atomic E-state index is 12.0. The van der Waals surface area contributed by atoms with Crippen LogP contribution in [0, 0.1) is 0 Å². The van der Waals surface area contributed by atoms with Gasteiger partial charge in [0.05, 0.1) is 164 Å². The molecule has 19 heteroatoms. The van der Waals surface area contributed by atoms with Crippen molar-refractivity contribution < 1.29 is 66.5 Å². The molecule has 0 unspecified atom stereocenters. The first-order valence-electron chi connectivity index (χ1n) is 18.8. The highest BCUT2D eigenvalue weighted by atomic mass is 32.2. The first kappa shape index (κ1) is 47.7. The smallest absolute Gasteiger partial charge is 0.315 e. The van der Waals surface area contributed by atoms with Crippen molar-refractivity contribution in [3.63, 3.8) is 0 Å². The fourth-order valence-electron chi connectivity index (χ4n) is 5.03. The molecule has 2 heterocycles. The number of unbranched alkanes of at least 4 members (excludes halogenated alkanes) is 1. The second-order valence-corrected chi connectivity index (χ2v) is 13.1. The average Bonchev–Trinajstić information content (AvgIpc) is 3.72. The van der Waals surface area contributed by atoms with E-state index < -0.39 is 0 Å². The van der Waals surface area contributed by atoms with Crippen LogP contribution in [0.5, 0.6) is 0 Å². The van der Waals surface area contributed by atoms with Crippen molar-refractivity contribution in [1.29, 1.82) is 0 Å². The fraction of sp³-hybridized carbons (Fsp3) is 0.941. The van der Waals surface area contributed by atoms with Crippen LogP contribution in [-0.2, 0) is 61.7 Å². The number of carbonyl (C=O) groups excluding carboxylic acids is 2. The molecule has 2 fully saturated rings. The zero-order chi connectivity index (χ0) is 37.7. The molecule has 2 saturated heterocycles. The van der Waals surface area contributed by atoms with E-state index in [0.717, 1.165) is 25.0 Å². The van der Waals surface area contributed by atoms with Gasteiger partial charge in [-0.25, -0.2) is 10.7 Å². The lowest BCUT2D eigenvalue weighted by atomic mass is 10.0. The number of nitrogens with two attached hydrogens (primary N) is 1. The monoisotopic (exact) mass is 786 g/mol. The molecule has 53 heavy (non-hydrogen) atoms. The molecule has 18 nitrogen and oxygen atoms in total. The van der Waals surface area contributed by atoms with Crippen LogP contribution in [0.2, 0.25) is 0 Å². The Labute approximate surface area is 319 Å². The van der Waals surface area contributed by atoms with Crippen LogP contribution in [0.25, 0.3) is 0 Å². The van der Waals surface area contributed by atoms with Crippen molar-refractivity contribution in [2.45, 2.75) is 43.0 Å². The van der Waals surface area contributed by atoms with Gasteiger partial charge < -0.3 is 72.9 Å². The van der Waals surface area contributed by atoms with Gasteiger partial charge >= 0.3 is 6.03 Å². The van der Waals surface area contributed by atoms with Gasteiger partial charge in [0.15, 0.2) is 0 Å². The predicted molar refractivity (Wildman–Crippen MR) is 196 cm³/mol. The molecule has 3 amide bonds. The molecule has 0 aromatic rings. The van der Waals surface area contributed by atoms with Crippen LogP contribution in [-0.4, -0.2) is 194 Å². The number of thioether (sulfide) groups is 1. The van der Waals surface area contributed by atoms with E-state index in [0.29, 0.717) is 170 Å². The molecule has 2 aliphatic rings. The Morgan fingerprint density at radius 3 is 1.34 bits per heavy atom. The minimum absolute atomic E-state index is 0.0421. The van der Waals surface area contributed by atoms with Crippen molar-refractivity contribution in [1.82, 2.24) is 16.0 Å². The molecule has 0 radical (unpaired) electrons. The van der Waals surface area contributed by atoms with Crippen molar-refractivity contribution in [3.05, 3.63) is 0 Å². The maximum Gasteiger partial charge on any atom is 0.315 e. The lowest BCUT2D eigenvalue weighted by Crippen LogP contribution is -2.36. The summed E-state index contributed by atoms with van der Waals surface area (Å²) in [5, 5.41) is 9.28. The highest BCUT2D eigenvalue weighted by Crippen LogP contribution is 2.33. The lowest BCUT2D eigenvalue weighted by molar-refractivity contribution is -0.121. The van der Waals surface area contributed by atoms with Gasteiger partial charge in [-0.1, -0.05) is 6.42 Å². The molecule has 312 valence electrons. The first-order valence-corrected chi connectivity index (χ1v) is 19.9. The van der Waals surface area contributed by atoms with Gasteiger partial charge in [-0.05, 0) is 12.8 Å². The number of carbonyl (C=O) groups is 2. The number of amides is 3. The number of hydrogen-bond acceptors (Lipinski definition) is 16. The molecule has 0 bridgehead atoms. The molecular formula is C34H66N4O14S. The number of urea groups is 1. The summed E-state index contributed by atoms with van der Waals surface area (Å²) in [6, 6.07) is 0.404. The van der Waals surface area contributed by atoms with Crippen LogP contribution in [0.15, 0.2) is 0 Å². The zero-order valence-electron chi connectivity index (χ0n) is 31.4. The summed E-state index contributed by atoms with van der Waals surface area (Å²) in [4.78, 5) is 27.9. The van der Waals surface area contributed by atoms with Crippen LogP contribution in [0.1, 0.15) is 25.7 Å². The van der Waals surface area contributed by atoms with Crippen molar-refractivity contribution in [2.75, 3.05) is 164 Å². The summed E-state index contributed by atoms with van der Waals surface area (Å²) in [7, 11) is 0. The SMILES string of the molecule is NOCCOCCOCCOCCOCCOCCOCCOCCOCCOCCOCCOCCNC(=O)CCCC[C@@H]1SC[C@H]2NC(=O)N[C@H]12. The molecule has 0 saturated carbocycles. The van der Waals surface area contributed by atoms with Crippen LogP contribution >= 0.6 is 11.8 Å². The van der Waals surface area contributed by atoms with Crippen LogP contribution in [0.4, 0.5) is 4.79 Å². The number of fused-ring (bicyclic) bond motifs is 1. The van der Waals surface area contributed by atoms with Gasteiger partial charge in [0.1, 0.15) is 0 Å². The Balaban J connectivity index is 1.14. The van der Waals surface area contributed by atoms with E-state index in [1.165, 1.54) is 0 Å². The zero-order valence-corrected chi connectivity index (χ0v) is 32.3. The normalized spacial score (nSPS) is 18.0. The molecule has 2 aliphatic heterocycles. The summed E-state index contributed by atoms with van der Waals surface area (Å²) in [5.41, 5.74) is 0. The lowest BCUT2D eigenvalue weighted by Gasteiger charge is -2.16. The van der Waals surface area contributed by atoms with E-state index in [9.17, 15) is 9.59 Å². The summed E-state index contributed by atoms with van der Waals surface area (Å²) in [6.45, 7) is 11.6. The van der Waals surface area contributed by atoms with E-state index in [4.69, 9.17) is 58.0 Å². The van der Waals surface area contributed by atoms with Gasteiger partial charge in [0.2, 0.25) is 5.91 Å². The largest absolute Gasteiger partial charge is 0.377 e. The molecule has 2 rings (SSSR count). The van der Waals surface area contributed by atoms with Gasteiger partial charge in [-0.15, -0.1) is 0 Å². The second-order valence-electron chi connectivity index (χ2n) is 11.8. The average molecular weight is 787 g/mol. The predicted octanol–water partition coefficient (Wildman–Crippen LogP) is -0.0987. The Morgan fingerprint density at radius 1 is 0.566 bits per heavy atom. The van der Waals surface area contributed by atoms with E-state index in [1.807, 2.05) is 11.8 Å². The van der Waals surface area contributed by atoms with Crippen LogP contribution < -0.4 is 21.8 Å². The molecule has 0 aromatic heterocycles. The van der Waals surface area contributed by atoms with Crippen LogP contribution in [0.3, 0.4) is 0 Å². The van der Waals surface area contributed by atoms with E-state index in [1.54, 1.807) is 0 Å². The first-order chi connectivity index (χ1) is 26.2. The molecule has 0 aromatic carbocycles. The van der Waals surface area contributed by atoms with Crippen molar-refractivity contribution in [3.8, 4) is 0 Å². The fourth-order valence-corrected chi connectivity index (χ4v) is 6.58. The summed E-state index contributed by atoms with van der Waals surface area (Å²) >= 11 is 1.90. The summed E-state index contributed by atoms with van der Waals surface area (Å²) < 4.78 is 59.9. The Bertz CT molecular complexity index is 859. The van der Waals surface area contributed by atoms with Crippen molar-refractivity contribution in [2.24, 2.45) is 5.90 Å². The van der Waals surface area contributed by atoms with Crippen molar-refractivity contribution >= 4 is 23.7 Å². The standard InChI is InChI=1S/C34H66N4O14S/c35-52-28-27-51-26-25-50-24-23-49-22-21-48-20-19-47-18-17-46-16-15-45-14-13-44-12-11-43-10-9-42-8-7-41-6-5-36-32(39)4-2-1-3-31-33-30(29-53-31)37-34(40)38-33/h30-31,33H,1-29,35H2,(H,36,39)(H2,37,38,40)/t30-,31+,33+/m1/s1.